The molecule has 1 saturated carbocycles. The van der Waals surface area contributed by atoms with Crippen LogP contribution in [0.15, 0.2) is 12.2 Å². The van der Waals surface area contributed by atoms with Gasteiger partial charge in [-0.2, -0.15) is 0 Å². The number of rotatable bonds is 14. The zero-order chi connectivity index (χ0) is 23.6. The van der Waals surface area contributed by atoms with Crippen LogP contribution in [-0.2, 0) is 23.7 Å². The molecule has 0 bridgehead atoms. The van der Waals surface area contributed by atoms with E-state index in [-0.39, 0.29) is 18.1 Å². The molecule has 0 N–H and O–H groups in total. The summed E-state index contributed by atoms with van der Waals surface area (Å²) >= 11 is 0. The molecule has 2 saturated heterocycles. The summed E-state index contributed by atoms with van der Waals surface area (Å²) in [6, 6.07) is 0. The van der Waals surface area contributed by atoms with Crippen molar-refractivity contribution < 1.29 is 28.1 Å². The molecule has 5 nitrogen and oxygen atoms in total. The molecule has 190 valence electrons. The van der Waals surface area contributed by atoms with Crippen molar-refractivity contribution >= 4 is 6.29 Å². The molecule has 3 rings (SSSR count). The zero-order valence-corrected chi connectivity index (χ0v) is 20.8. The summed E-state index contributed by atoms with van der Waals surface area (Å²) in [4.78, 5) is 11.1. The molecule has 1 spiro atoms. The number of aldehydes is 1. The molecular formula is C27H45FO5. The van der Waals surface area contributed by atoms with Gasteiger partial charge in [0.15, 0.2) is 12.1 Å². The Morgan fingerprint density at radius 3 is 2.61 bits per heavy atom. The number of unbranched alkanes of at least 4 members (excludes halogenated alkanes) is 3. The van der Waals surface area contributed by atoms with E-state index in [2.05, 4.69) is 13.0 Å². The number of halogens is 1. The van der Waals surface area contributed by atoms with Crippen molar-refractivity contribution in [1.82, 2.24) is 0 Å². The van der Waals surface area contributed by atoms with E-state index in [0.29, 0.717) is 39.1 Å². The number of carbonyl (C=O) groups is 1. The molecule has 0 amide bonds. The highest BCUT2D eigenvalue weighted by molar-refractivity contribution is 5.49. The molecule has 3 aliphatic rings. The van der Waals surface area contributed by atoms with Crippen LogP contribution in [0, 0.1) is 11.8 Å². The van der Waals surface area contributed by atoms with Gasteiger partial charge >= 0.3 is 0 Å². The average molecular weight is 469 g/mol. The molecule has 6 heteroatoms. The van der Waals surface area contributed by atoms with Gasteiger partial charge in [0.2, 0.25) is 0 Å². The van der Waals surface area contributed by atoms with E-state index in [1.807, 2.05) is 13.0 Å². The van der Waals surface area contributed by atoms with Gasteiger partial charge in [-0.3, -0.25) is 0 Å². The number of alkyl halides is 1. The summed E-state index contributed by atoms with van der Waals surface area (Å²) in [5, 5.41) is 0. The number of ether oxygens (including phenoxy) is 4. The molecule has 5 unspecified atom stereocenters. The first-order valence-corrected chi connectivity index (χ1v) is 13.4. The Bertz CT molecular complexity index is 599. The Balaban J connectivity index is 1.74. The minimum absolute atomic E-state index is 0.105. The van der Waals surface area contributed by atoms with Gasteiger partial charge in [0.25, 0.3) is 0 Å². The van der Waals surface area contributed by atoms with Gasteiger partial charge in [0.05, 0.1) is 13.2 Å². The fraction of sp³-hybridized carbons (Fsp3) is 0.889. The van der Waals surface area contributed by atoms with E-state index in [1.54, 1.807) is 0 Å². The lowest BCUT2D eigenvalue weighted by molar-refractivity contribution is -0.204. The van der Waals surface area contributed by atoms with Crippen molar-refractivity contribution in [3.63, 3.8) is 0 Å². The average Bonchev–Trinajstić information content (AvgIpc) is 3.45. The van der Waals surface area contributed by atoms with E-state index in [0.717, 1.165) is 70.5 Å². The van der Waals surface area contributed by atoms with Gasteiger partial charge in [-0.25, -0.2) is 4.39 Å². The second kappa shape index (κ2) is 13.3. The van der Waals surface area contributed by atoms with E-state index in [1.165, 1.54) is 0 Å². The number of carbonyl (C=O) groups excluding carboxylic acids is 1. The second-order valence-corrected chi connectivity index (χ2v) is 10.00. The topological polar surface area (TPSA) is 54.0 Å². The zero-order valence-electron chi connectivity index (χ0n) is 20.8. The smallest absolute Gasteiger partial charge is 0.171 e. The van der Waals surface area contributed by atoms with Crippen LogP contribution in [0.25, 0.3) is 0 Å². The molecule has 2 aliphatic heterocycles. The largest absolute Gasteiger partial charge is 0.353 e. The highest BCUT2D eigenvalue weighted by Gasteiger charge is 2.51. The van der Waals surface area contributed by atoms with Crippen molar-refractivity contribution in [3.8, 4) is 0 Å². The third kappa shape index (κ3) is 7.09. The lowest BCUT2D eigenvalue weighted by Gasteiger charge is -2.35. The maximum atomic E-state index is 16.3. The Labute approximate surface area is 199 Å². The molecule has 1 aliphatic carbocycles. The minimum Gasteiger partial charge on any atom is -0.353 e. The van der Waals surface area contributed by atoms with Gasteiger partial charge in [-0.1, -0.05) is 51.7 Å². The number of hydrogen-bond acceptors (Lipinski definition) is 5. The summed E-state index contributed by atoms with van der Waals surface area (Å²) in [6.07, 6.45) is 15.0. The molecule has 5 atom stereocenters. The molecule has 33 heavy (non-hydrogen) atoms. The monoisotopic (exact) mass is 468 g/mol. The fourth-order valence-corrected chi connectivity index (χ4v) is 5.75. The first-order chi connectivity index (χ1) is 16.1. The van der Waals surface area contributed by atoms with Crippen LogP contribution in [-0.4, -0.2) is 50.0 Å². The lowest BCUT2D eigenvalue weighted by atomic mass is 9.85. The number of hydrogen-bond donors (Lipinski definition) is 0. The third-order valence-corrected chi connectivity index (χ3v) is 7.79. The first kappa shape index (κ1) is 26.8. The van der Waals surface area contributed by atoms with Crippen LogP contribution >= 0.6 is 0 Å². The van der Waals surface area contributed by atoms with Gasteiger partial charge in [0, 0.05) is 25.4 Å². The Morgan fingerprint density at radius 1 is 1.12 bits per heavy atom. The SMILES string of the molecule is CCCCCCC(F)(CC)C(/C=C/C1CCC2(OCCO2)C1CCC=O)OC1CCCCO1. The van der Waals surface area contributed by atoms with Crippen molar-refractivity contribution in [2.24, 2.45) is 11.8 Å². The third-order valence-electron chi connectivity index (χ3n) is 7.79. The normalized spacial score (nSPS) is 30.1. The summed E-state index contributed by atoms with van der Waals surface area (Å²) in [5.41, 5.74) is -1.42. The van der Waals surface area contributed by atoms with Crippen molar-refractivity contribution in [2.45, 2.75) is 121 Å². The Morgan fingerprint density at radius 2 is 1.94 bits per heavy atom. The van der Waals surface area contributed by atoms with E-state index < -0.39 is 17.6 Å². The van der Waals surface area contributed by atoms with Gasteiger partial charge in [-0.05, 0) is 50.9 Å². The van der Waals surface area contributed by atoms with Crippen LogP contribution in [0.4, 0.5) is 4.39 Å². The molecule has 0 aromatic rings. The molecule has 0 aromatic heterocycles. The van der Waals surface area contributed by atoms with Crippen molar-refractivity contribution in [3.05, 3.63) is 12.2 Å². The van der Waals surface area contributed by atoms with E-state index in [4.69, 9.17) is 18.9 Å². The Hall–Kier alpha value is -0.820. The quantitative estimate of drug-likeness (QED) is 0.170. The van der Waals surface area contributed by atoms with Crippen LogP contribution in [0.2, 0.25) is 0 Å². The summed E-state index contributed by atoms with van der Waals surface area (Å²) in [7, 11) is 0. The van der Waals surface area contributed by atoms with Crippen molar-refractivity contribution in [1.29, 1.82) is 0 Å². The minimum atomic E-state index is -1.42. The standard InChI is InChI=1S/C27H45FO5/c1-3-5-6-8-16-26(28,4-2)24(33-25-12-7-9-19-30-25)14-13-22-15-17-27(31-20-21-32-27)23(22)11-10-18-29/h13-14,18,22-25H,3-12,15-17,19-21H2,1-2H3/b14-13+. The van der Waals surface area contributed by atoms with Crippen molar-refractivity contribution in [2.75, 3.05) is 19.8 Å². The van der Waals surface area contributed by atoms with E-state index in [9.17, 15) is 4.79 Å². The summed E-state index contributed by atoms with van der Waals surface area (Å²) < 4.78 is 40.5. The fourth-order valence-electron chi connectivity index (χ4n) is 5.75. The van der Waals surface area contributed by atoms with Gasteiger partial charge < -0.3 is 23.7 Å². The van der Waals surface area contributed by atoms with Gasteiger partial charge in [0.1, 0.15) is 18.1 Å². The van der Waals surface area contributed by atoms with Crippen LogP contribution < -0.4 is 0 Å². The number of allylic oxidation sites excluding steroid dienone is 1. The lowest BCUT2D eigenvalue weighted by Crippen LogP contribution is -2.42. The molecule has 0 radical (unpaired) electrons. The summed E-state index contributed by atoms with van der Waals surface area (Å²) in [6.45, 7) is 5.96. The van der Waals surface area contributed by atoms with Crippen LogP contribution in [0.1, 0.15) is 97.3 Å². The first-order valence-electron chi connectivity index (χ1n) is 13.4. The molecule has 0 aromatic carbocycles. The highest BCUT2D eigenvalue weighted by atomic mass is 19.1. The predicted molar refractivity (Wildman–Crippen MR) is 127 cm³/mol. The molecule has 2 heterocycles. The predicted octanol–water partition coefficient (Wildman–Crippen LogP) is 6.29. The highest BCUT2D eigenvalue weighted by Crippen LogP contribution is 2.48. The van der Waals surface area contributed by atoms with Gasteiger partial charge in [-0.15, -0.1) is 0 Å². The molecule has 3 fully saturated rings. The van der Waals surface area contributed by atoms with Crippen LogP contribution in [0.3, 0.4) is 0 Å². The summed E-state index contributed by atoms with van der Waals surface area (Å²) in [5.74, 6) is -0.297. The molecular weight excluding hydrogens is 423 g/mol. The maximum Gasteiger partial charge on any atom is 0.171 e. The second-order valence-electron chi connectivity index (χ2n) is 10.00. The Kier molecular flexibility index (Phi) is 10.8. The van der Waals surface area contributed by atoms with E-state index >= 15 is 4.39 Å². The van der Waals surface area contributed by atoms with Crippen LogP contribution in [0.5, 0.6) is 0 Å². The maximum absolute atomic E-state index is 16.3.